The molecule has 7 nitrogen and oxygen atoms in total. The van der Waals surface area contributed by atoms with Crippen LogP contribution in [0.4, 0.5) is 5.69 Å². The van der Waals surface area contributed by atoms with Crippen LogP contribution in [0.3, 0.4) is 0 Å². The van der Waals surface area contributed by atoms with Crippen LogP contribution in [0.5, 0.6) is 0 Å². The molecule has 0 atom stereocenters. The third kappa shape index (κ3) is 4.33. The Bertz CT molecular complexity index is 601. The number of hydrogen-bond donors (Lipinski definition) is 3. The van der Waals surface area contributed by atoms with Gasteiger partial charge in [-0.25, -0.2) is 0 Å². The molecule has 0 spiro atoms. The molecule has 1 aliphatic rings. The molecule has 2 rings (SSSR count). The van der Waals surface area contributed by atoms with Crippen molar-refractivity contribution in [2.75, 3.05) is 25.0 Å². The summed E-state index contributed by atoms with van der Waals surface area (Å²) in [4.78, 5) is 36.0. The minimum absolute atomic E-state index is 0.0199. The Morgan fingerprint density at radius 2 is 2.00 bits per heavy atom. The molecule has 1 heterocycles. The van der Waals surface area contributed by atoms with Crippen LogP contribution in [0.2, 0.25) is 0 Å². The van der Waals surface area contributed by atoms with E-state index in [1.807, 2.05) is 0 Å². The van der Waals surface area contributed by atoms with Gasteiger partial charge in [0.15, 0.2) is 0 Å². The van der Waals surface area contributed by atoms with E-state index < -0.39 is 11.8 Å². The zero-order chi connectivity index (χ0) is 15.4. The standard InChI is InChI=1S/C13H14N4O3S/c14-13(21)8-2-1-3-9(4-8)15-10(18)5-17-6-11(19)16-12(20)7-17/h1-4H,5-7H2,(H2,14,21)(H,15,18)(H,16,19,20). The molecule has 1 aromatic rings. The summed E-state index contributed by atoms with van der Waals surface area (Å²) in [6.07, 6.45) is 0. The summed E-state index contributed by atoms with van der Waals surface area (Å²) in [7, 11) is 0. The lowest BCUT2D eigenvalue weighted by molar-refractivity contribution is -0.136. The second-order valence-electron chi connectivity index (χ2n) is 4.61. The second-order valence-corrected chi connectivity index (χ2v) is 5.05. The fourth-order valence-corrected chi connectivity index (χ4v) is 2.09. The van der Waals surface area contributed by atoms with Gasteiger partial charge in [-0.15, -0.1) is 0 Å². The maximum Gasteiger partial charge on any atom is 0.240 e. The number of nitrogens with one attached hydrogen (secondary N) is 2. The quantitative estimate of drug-likeness (QED) is 0.498. The summed E-state index contributed by atoms with van der Waals surface area (Å²) in [6.45, 7) is -0.00533. The lowest BCUT2D eigenvalue weighted by Gasteiger charge is -2.24. The topological polar surface area (TPSA) is 105 Å². The molecule has 1 aliphatic heterocycles. The number of piperazine rings is 1. The summed E-state index contributed by atoms with van der Waals surface area (Å²) < 4.78 is 0. The van der Waals surface area contributed by atoms with Crippen molar-refractivity contribution in [1.29, 1.82) is 0 Å². The molecule has 3 amide bonds. The number of rotatable bonds is 4. The molecular formula is C13H14N4O3S. The average molecular weight is 306 g/mol. The lowest BCUT2D eigenvalue weighted by atomic mass is 10.2. The zero-order valence-electron chi connectivity index (χ0n) is 11.1. The Morgan fingerprint density at radius 1 is 1.33 bits per heavy atom. The minimum atomic E-state index is -0.408. The Labute approximate surface area is 126 Å². The van der Waals surface area contributed by atoms with E-state index in [9.17, 15) is 14.4 Å². The summed E-state index contributed by atoms with van der Waals surface area (Å²) in [5.74, 6) is -1.14. The molecule has 0 aliphatic carbocycles. The van der Waals surface area contributed by atoms with Crippen molar-refractivity contribution < 1.29 is 14.4 Å². The predicted molar refractivity (Wildman–Crippen MR) is 80.5 cm³/mol. The minimum Gasteiger partial charge on any atom is -0.389 e. The Balaban J connectivity index is 1.95. The number of carbonyl (C=O) groups excluding carboxylic acids is 3. The Hall–Kier alpha value is -2.32. The number of hydrogen-bond acceptors (Lipinski definition) is 5. The number of nitrogens with zero attached hydrogens (tertiary/aromatic N) is 1. The largest absolute Gasteiger partial charge is 0.389 e. The van der Waals surface area contributed by atoms with Crippen LogP contribution in [0.15, 0.2) is 24.3 Å². The highest BCUT2D eigenvalue weighted by Crippen LogP contribution is 2.10. The van der Waals surface area contributed by atoms with E-state index in [0.717, 1.165) is 0 Å². The van der Waals surface area contributed by atoms with Crippen molar-refractivity contribution in [1.82, 2.24) is 10.2 Å². The first-order valence-electron chi connectivity index (χ1n) is 6.19. The van der Waals surface area contributed by atoms with Gasteiger partial charge in [-0.1, -0.05) is 24.4 Å². The van der Waals surface area contributed by atoms with Gasteiger partial charge < -0.3 is 11.1 Å². The molecule has 110 valence electrons. The summed E-state index contributed by atoms with van der Waals surface area (Å²) >= 11 is 4.87. The van der Waals surface area contributed by atoms with Gasteiger partial charge in [0.05, 0.1) is 19.6 Å². The molecule has 1 aromatic carbocycles. The Morgan fingerprint density at radius 3 is 2.62 bits per heavy atom. The normalized spacial score (nSPS) is 15.4. The first-order chi connectivity index (χ1) is 9.94. The van der Waals surface area contributed by atoms with Gasteiger partial charge in [0.1, 0.15) is 4.99 Å². The molecule has 0 bridgehead atoms. The van der Waals surface area contributed by atoms with Crippen molar-refractivity contribution in [3.8, 4) is 0 Å². The maximum atomic E-state index is 11.9. The first kappa shape index (κ1) is 15.1. The van der Waals surface area contributed by atoms with E-state index in [0.29, 0.717) is 11.3 Å². The number of imide groups is 1. The van der Waals surface area contributed by atoms with Crippen LogP contribution < -0.4 is 16.4 Å². The molecule has 21 heavy (non-hydrogen) atoms. The number of benzene rings is 1. The van der Waals surface area contributed by atoms with Gasteiger partial charge in [-0.3, -0.25) is 24.6 Å². The zero-order valence-corrected chi connectivity index (χ0v) is 11.9. The molecule has 0 aromatic heterocycles. The van der Waals surface area contributed by atoms with Crippen molar-refractivity contribution in [3.63, 3.8) is 0 Å². The van der Waals surface area contributed by atoms with Crippen LogP contribution in [0.1, 0.15) is 5.56 Å². The number of thiocarbonyl (C=S) groups is 1. The van der Waals surface area contributed by atoms with E-state index in [4.69, 9.17) is 18.0 Å². The monoisotopic (exact) mass is 306 g/mol. The summed E-state index contributed by atoms with van der Waals surface area (Å²) in [5, 5.41) is 4.85. The molecule has 0 saturated carbocycles. The molecule has 0 unspecified atom stereocenters. The highest BCUT2D eigenvalue weighted by atomic mass is 32.1. The molecule has 1 saturated heterocycles. The van der Waals surface area contributed by atoms with Crippen LogP contribution in [-0.2, 0) is 14.4 Å². The summed E-state index contributed by atoms with van der Waals surface area (Å²) in [5.41, 5.74) is 6.72. The van der Waals surface area contributed by atoms with Crippen LogP contribution in [0, 0.1) is 0 Å². The van der Waals surface area contributed by atoms with Crippen LogP contribution in [0.25, 0.3) is 0 Å². The third-order valence-corrected chi connectivity index (χ3v) is 3.05. The van der Waals surface area contributed by atoms with Gasteiger partial charge in [0, 0.05) is 11.3 Å². The van der Waals surface area contributed by atoms with E-state index >= 15 is 0 Å². The van der Waals surface area contributed by atoms with Gasteiger partial charge in [0.25, 0.3) is 0 Å². The van der Waals surface area contributed by atoms with Gasteiger partial charge in [-0.05, 0) is 12.1 Å². The second kappa shape index (κ2) is 6.42. The van der Waals surface area contributed by atoms with Crippen molar-refractivity contribution in [2.45, 2.75) is 0 Å². The fraction of sp³-hybridized carbons (Fsp3) is 0.231. The first-order valence-corrected chi connectivity index (χ1v) is 6.59. The number of amides is 3. The van der Waals surface area contributed by atoms with Gasteiger partial charge in [0.2, 0.25) is 17.7 Å². The van der Waals surface area contributed by atoms with E-state index in [2.05, 4.69) is 10.6 Å². The maximum absolute atomic E-state index is 11.9. The highest BCUT2D eigenvalue weighted by molar-refractivity contribution is 7.80. The van der Waals surface area contributed by atoms with Crippen LogP contribution >= 0.6 is 12.2 Å². The smallest absolute Gasteiger partial charge is 0.240 e. The third-order valence-electron chi connectivity index (χ3n) is 2.81. The molecule has 0 radical (unpaired) electrons. The van der Waals surface area contributed by atoms with E-state index in [-0.39, 0.29) is 30.5 Å². The number of nitrogens with two attached hydrogens (primary N) is 1. The lowest BCUT2D eigenvalue weighted by Crippen LogP contribution is -2.53. The van der Waals surface area contributed by atoms with Crippen molar-refractivity contribution >= 4 is 40.6 Å². The fourth-order valence-electron chi connectivity index (χ4n) is 1.96. The number of carbonyl (C=O) groups is 3. The SMILES string of the molecule is NC(=S)c1cccc(NC(=O)CN2CC(=O)NC(=O)C2)c1. The molecular weight excluding hydrogens is 292 g/mol. The summed E-state index contributed by atoms with van der Waals surface area (Å²) in [6, 6.07) is 6.83. The molecule has 4 N–H and O–H groups in total. The van der Waals surface area contributed by atoms with E-state index in [1.54, 1.807) is 24.3 Å². The number of anilines is 1. The van der Waals surface area contributed by atoms with Gasteiger partial charge in [-0.2, -0.15) is 0 Å². The highest BCUT2D eigenvalue weighted by Gasteiger charge is 2.23. The predicted octanol–water partition coefficient (Wildman–Crippen LogP) is -0.782. The van der Waals surface area contributed by atoms with Crippen molar-refractivity contribution in [2.24, 2.45) is 5.73 Å². The van der Waals surface area contributed by atoms with Crippen LogP contribution in [-0.4, -0.2) is 47.2 Å². The van der Waals surface area contributed by atoms with Crippen molar-refractivity contribution in [3.05, 3.63) is 29.8 Å². The van der Waals surface area contributed by atoms with E-state index in [1.165, 1.54) is 4.90 Å². The average Bonchev–Trinajstić information content (AvgIpc) is 2.37. The Kier molecular flexibility index (Phi) is 4.61. The van der Waals surface area contributed by atoms with Gasteiger partial charge >= 0.3 is 0 Å². The molecule has 8 heteroatoms. The molecule has 1 fully saturated rings.